The van der Waals surface area contributed by atoms with Crippen LogP contribution in [-0.2, 0) is 0 Å². The molecule has 1 unspecified atom stereocenters. The summed E-state index contributed by atoms with van der Waals surface area (Å²) in [5.41, 5.74) is 5.44. The molecule has 0 aliphatic rings. The van der Waals surface area contributed by atoms with E-state index < -0.39 is 0 Å². The monoisotopic (exact) mass is 154 g/mol. The minimum Gasteiger partial charge on any atom is -0.330 e. The van der Waals surface area contributed by atoms with Crippen LogP contribution >= 0.6 is 0 Å². The Bertz CT molecular complexity index is 115. The van der Waals surface area contributed by atoms with E-state index in [1.54, 1.807) is 0 Å². The van der Waals surface area contributed by atoms with E-state index in [2.05, 4.69) is 13.0 Å². The summed E-state index contributed by atoms with van der Waals surface area (Å²) >= 11 is 0. The maximum absolute atomic E-state index is 8.31. The molecule has 0 amide bonds. The van der Waals surface area contributed by atoms with Gasteiger partial charge in [0.05, 0.1) is 6.07 Å². The second-order valence-corrected chi connectivity index (χ2v) is 2.90. The van der Waals surface area contributed by atoms with Crippen LogP contribution in [0.25, 0.3) is 0 Å². The Labute approximate surface area is 69.4 Å². The Morgan fingerprint density at radius 1 is 1.45 bits per heavy atom. The van der Waals surface area contributed by atoms with E-state index in [4.69, 9.17) is 11.0 Å². The van der Waals surface area contributed by atoms with E-state index in [-0.39, 0.29) is 0 Å². The number of nitrogens with two attached hydrogens (primary N) is 1. The summed E-state index contributed by atoms with van der Waals surface area (Å²) < 4.78 is 0. The highest BCUT2D eigenvalue weighted by atomic mass is 14.5. The van der Waals surface area contributed by atoms with Gasteiger partial charge in [-0.25, -0.2) is 0 Å². The van der Waals surface area contributed by atoms with Crippen LogP contribution in [0.4, 0.5) is 0 Å². The Balaban J connectivity index is 3.29. The summed E-state index contributed by atoms with van der Waals surface area (Å²) in [6.45, 7) is 2.97. The zero-order valence-corrected chi connectivity index (χ0v) is 7.34. The molecule has 0 saturated heterocycles. The molecule has 0 fully saturated rings. The number of nitriles is 1. The highest BCUT2D eigenvalue weighted by Gasteiger charge is 2.03. The predicted molar refractivity (Wildman–Crippen MR) is 46.9 cm³/mol. The van der Waals surface area contributed by atoms with Crippen molar-refractivity contribution < 1.29 is 0 Å². The molecule has 0 aliphatic heterocycles. The van der Waals surface area contributed by atoms with Crippen molar-refractivity contribution in [2.45, 2.75) is 39.0 Å². The minimum atomic E-state index is 0.696. The molecule has 0 radical (unpaired) electrons. The van der Waals surface area contributed by atoms with Crippen molar-refractivity contribution in [1.82, 2.24) is 0 Å². The van der Waals surface area contributed by atoms with Crippen LogP contribution in [0.15, 0.2) is 0 Å². The molecule has 0 heterocycles. The van der Waals surface area contributed by atoms with E-state index in [1.807, 2.05) is 0 Å². The first kappa shape index (κ1) is 10.4. The number of unbranched alkanes of at least 4 members (excludes halogenated alkanes) is 1. The van der Waals surface area contributed by atoms with Gasteiger partial charge in [-0.15, -0.1) is 0 Å². The lowest BCUT2D eigenvalue weighted by molar-refractivity contribution is 0.432. The SMILES string of the molecule is CCC(CCN)CCCC#N. The number of rotatable bonds is 6. The van der Waals surface area contributed by atoms with Gasteiger partial charge in [-0.2, -0.15) is 5.26 Å². The first-order chi connectivity index (χ1) is 5.35. The largest absolute Gasteiger partial charge is 0.330 e. The predicted octanol–water partition coefficient (Wildman–Crippen LogP) is 2.06. The van der Waals surface area contributed by atoms with Crippen molar-refractivity contribution in [1.29, 1.82) is 5.26 Å². The fraction of sp³-hybridized carbons (Fsp3) is 0.889. The standard InChI is InChI=1S/C9H18N2/c1-2-9(6-8-11)5-3-4-7-10/h9H,2-6,8,11H2,1H3. The van der Waals surface area contributed by atoms with Crippen molar-refractivity contribution in [3.05, 3.63) is 0 Å². The van der Waals surface area contributed by atoms with Crippen LogP contribution in [0.2, 0.25) is 0 Å². The van der Waals surface area contributed by atoms with Gasteiger partial charge < -0.3 is 5.73 Å². The van der Waals surface area contributed by atoms with E-state index in [0.717, 1.165) is 25.3 Å². The second-order valence-electron chi connectivity index (χ2n) is 2.90. The van der Waals surface area contributed by atoms with Gasteiger partial charge in [0.2, 0.25) is 0 Å². The maximum Gasteiger partial charge on any atom is 0.0621 e. The van der Waals surface area contributed by atoms with Gasteiger partial charge in [0.25, 0.3) is 0 Å². The highest BCUT2D eigenvalue weighted by molar-refractivity contribution is 4.69. The van der Waals surface area contributed by atoms with Gasteiger partial charge in [-0.05, 0) is 31.7 Å². The van der Waals surface area contributed by atoms with Crippen molar-refractivity contribution in [2.75, 3.05) is 6.54 Å². The average molecular weight is 154 g/mol. The molecule has 2 N–H and O–H groups in total. The van der Waals surface area contributed by atoms with Crippen LogP contribution in [0.5, 0.6) is 0 Å². The molecule has 0 saturated carbocycles. The van der Waals surface area contributed by atoms with Crippen LogP contribution in [0, 0.1) is 17.2 Å². The zero-order valence-electron chi connectivity index (χ0n) is 7.34. The molecule has 0 aliphatic carbocycles. The van der Waals surface area contributed by atoms with Crippen molar-refractivity contribution in [2.24, 2.45) is 11.7 Å². The van der Waals surface area contributed by atoms with Crippen LogP contribution in [0.1, 0.15) is 39.0 Å². The molecular weight excluding hydrogens is 136 g/mol. The van der Waals surface area contributed by atoms with E-state index >= 15 is 0 Å². The Morgan fingerprint density at radius 2 is 2.18 bits per heavy atom. The Hall–Kier alpha value is -0.550. The highest BCUT2D eigenvalue weighted by Crippen LogP contribution is 2.14. The third kappa shape index (κ3) is 5.87. The fourth-order valence-corrected chi connectivity index (χ4v) is 1.26. The normalized spacial score (nSPS) is 12.5. The summed E-state index contributed by atoms with van der Waals surface area (Å²) in [6, 6.07) is 2.16. The molecule has 2 nitrogen and oxygen atoms in total. The lowest BCUT2D eigenvalue weighted by atomic mass is 9.96. The van der Waals surface area contributed by atoms with Gasteiger partial charge in [0.1, 0.15) is 0 Å². The van der Waals surface area contributed by atoms with Crippen molar-refractivity contribution >= 4 is 0 Å². The first-order valence-electron chi connectivity index (χ1n) is 4.42. The summed E-state index contributed by atoms with van der Waals surface area (Å²) in [7, 11) is 0. The molecule has 64 valence electrons. The quantitative estimate of drug-likeness (QED) is 0.595. The third-order valence-corrected chi connectivity index (χ3v) is 2.05. The van der Waals surface area contributed by atoms with Gasteiger partial charge >= 0.3 is 0 Å². The molecule has 0 spiro atoms. The molecule has 11 heavy (non-hydrogen) atoms. The summed E-state index contributed by atoms with van der Waals surface area (Å²) in [5, 5.41) is 8.31. The number of hydrogen-bond donors (Lipinski definition) is 1. The van der Waals surface area contributed by atoms with Crippen molar-refractivity contribution in [3.63, 3.8) is 0 Å². The molecule has 0 bridgehead atoms. The zero-order chi connectivity index (χ0) is 8.53. The average Bonchev–Trinajstić information content (AvgIpc) is 2.03. The topological polar surface area (TPSA) is 49.8 Å². The lowest BCUT2D eigenvalue weighted by Crippen LogP contribution is -2.07. The van der Waals surface area contributed by atoms with Crippen LogP contribution < -0.4 is 5.73 Å². The summed E-state index contributed by atoms with van der Waals surface area (Å²) in [5.74, 6) is 0.744. The van der Waals surface area contributed by atoms with E-state index in [0.29, 0.717) is 6.42 Å². The molecule has 2 heteroatoms. The van der Waals surface area contributed by atoms with Crippen LogP contribution in [-0.4, -0.2) is 6.54 Å². The van der Waals surface area contributed by atoms with E-state index in [1.165, 1.54) is 12.8 Å². The molecule has 0 aromatic rings. The maximum atomic E-state index is 8.31. The smallest absolute Gasteiger partial charge is 0.0621 e. The summed E-state index contributed by atoms with van der Waals surface area (Å²) in [4.78, 5) is 0. The number of hydrogen-bond acceptors (Lipinski definition) is 2. The molecular formula is C9H18N2. The van der Waals surface area contributed by atoms with Gasteiger partial charge in [0.15, 0.2) is 0 Å². The second kappa shape index (κ2) is 7.56. The van der Waals surface area contributed by atoms with Gasteiger partial charge in [-0.3, -0.25) is 0 Å². The Kier molecular flexibility index (Phi) is 7.18. The van der Waals surface area contributed by atoms with Crippen LogP contribution in [0.3, 0.4) is 0 Å². The molecule has 0 aromatic heterocycles. The lowest BCUT2D eigenvalue weighted by Gasteiger charge is -2.11. The summed E-state index contributed by atoms with van der Waals surface area (Å²) in [6.07, 6.45) is 5.21. The third-order valence-electron chi connectivity index (χ3n) is 2.05. The molecule has 1 atom stereocenters. The molecule has 0 aromatic carbocycles. The van der Waals surface area contributed by atoms with Crippen molar-refractivity contribution in [3.8, 4) is 6.07 Å². The van der Waals surface area contributed by atoms with E-state index in [9.17, 15) is 0 Å². The fourth-order valence-electron chi connectivity index (χ4n) is 1.26. The number of nitrogens with zero attached hydrogens (tertiary/aromatic N) is 1. The first-order valence-corrected chi connectivity index (χ1v) is 4.42. The Morgan fingerprint density at radius 3 is 2.64 bits per heavy atom. The van der Waals surface area contributed by atoms with Gasteiger partial charge in [0, 0.05) is 6.42 Å². The minimum absolute atomic E-state index is 0.696. The molecule has 0 rings (SSSR count). The van der Waals surface area contributed by atoms with Gasteiger partial charge in [-0.1, -0.05) is 13.3 Å².